The first-order valence-corrected chi connectivity index (χ1v) is 7.86. The lowest BCUT2D eigenvalue weighted by Gasteiger charge is -2.34. The van der Waals surface area contributed by atoms with Gasteiger partial charge in [0.15, 0.2) is 0 Å². The molecule has 1 fully saturated rings. The fourth-order valence-electron chi connectivity index (χ4n) is 2.85. The number of amides is 1. The van der Waals surface area contributed by atoms with Gasteiger partial charge < -0.3 is 5.32 Å². The standard InChI is InChI=1S/C14H22BrN3O/c1-4-18-13(11(15)8-16-18)14(19)17-12-7-5-6-9(2)10(12)3/h8-10,12H,4-7H2,1-3H3,(H,17,19). The molecule has 3 unspecified atom stereocenters. The van der Waals surface area contributed by atoms with Gasteiger partial charge in [0.25, 0.3) is 5.91 Å². The van der Waals surface area contributed by atoms with Crippen molar-refractivity contribution in [3.05, 3.63) is 16.4 Å². The first-order valence-electron chi connectivity index (χ1n) is 7.06. The quantitative estimate of drug-likeness (QED) is 0.926. The lowest BCUT2D eigenvalue weighted by molar-refractivity contribution is 0.0879. The number of halogens is 1. The molecule has 1 aromatic rings. The molecule has 3 atom stereocenters. The molecule has 1 aliphatic carbocycles. The lowest BCUT2D eigenvalue weighted by atomic mass is 9.78. The van der Waals surface area contributed by atoms with Crippen LogP contribution in [0.3, 0.4) is 0 Å². The molecule has 0 aromatic carbocycles. The van der Waals surface area contributed by atoms with E-state index < -0.39 is 0 Å². The Balaban J connectivity index is 2.10. The van der Waals surface area contributed by atoms with E-state index >= 15 is 0 Å². The van der Waals surface area contributed by atoms with Crippen LogP contribution in [0.4, 0.5) is 0 Å². The second-order valence-corrected chi connectivity index (χ2v) is 6.36. The first-order chi connectivity index (χ1) is 9.04. The molecular formula is C14H22BrN3O. The lowest BCUT2D eigenvalue weighted by Crippen LogP contribution is -2.44. The summed E-state index contributed by atoms with van der Waals surface area (Å²) in [5, 5.41) is 7.38. The van der Waals surface area contributed by atoms with Crippen molar-refractivity contribution in [2.24, 2.45) is 11.8 Å². The third-order valence-electron chi connectivity index (χ3n) is 4.33. The predicted molar refractivity (Wildman–Crippen MR) is 79.0 cm³/mol. The van der Waals surface area contributed by atoms with Gasteiger partial charge in [-0.3, -0.25) is 9.48 Å². The molecule has 0 radical (unpaired) electrons. The van der Waals surface area contributed by atoms with Crippen LogP contribution in [0.2, 0.25) is 0 Å². The smallest absolute Gasteiger partial charge is 0.270 e. The minimum atomic E-state index is -0.0165. The van der Waals surface area contributed by atoms with Crippen LogP contribution in [0, 0.1) is 11.8 Å². The zero-order chi connectivity index (χ0) is 14.0. The Morgan fingerprint density at radius 2 is 2.26 bits per heavy atom. The molecule has 2 rings (SSSR count). The van der Waals surface area contributed by atoms with E-state index in [9.17, 15) is 4.79 Å². The number of aryl methyl sites for hydroxylation is 1. The largest absolute Gasteiger partial charge is 0.348 e. The number of hydrogen-bond acceptors (Lipinski definition) is 2. The monoisotopic (exact) mass is 327 g/mol. The van der Waals surface area contributed by atoms with Gasteiger partial charge in [-0.05, 0) is 41.1 Å². The summed E-state index contributed by atoms with van der Waals surface area (Å²) in [6.45, 7) is 7.20. The van der Waals surface area contributed by atoms with E-state index in [1.54, 1.807) is 10.9 Å². The molecule has 1 aliphatic rings. The highest BCUT2D eigenvalue weighted by Crippen LogP contribution is 2.30. The van der Waals surface area contributed by atoms with Gasteiger partial charge in [0.1, 0.15) is 5.69 Å². The number of carbonyl (C=O) groups is 1. The van der Waals surface area contributed by atoms with Crippen molar-refractivity contribution in [1.82, 2.24) is 15.1 Å². The van der Waals surface area contributed by atoms with Gasteiger partial charge >= 0.3 is 0 Å². The summed E-state index contributed by atoms with van der Waals surface area (Å²) < 4.78 is 2.50. The molecule has 0 aliphatic heterocycles. The average Bonchev–Trinajstić information content (AvgIpc) is 2.76. The maximum Gasteiger partial charge on any atom is 0.270 e. The van der Waals surface area contributed by atoms with Gasteiger partial charge in [-0.1, -0.05) is 26.7 Å². The van der Waals surface area contributed by atoms with E-state index in [4.69, 9.17) is 0 Å². The third kappa shape index (κ3) is 3.02. The molecular weight excluding hydrogens is 306 g/mol. The van der Waals surface area contributed by atoms with Gasteiger partial charge in [-0.25, -0.2) is 0 Å². The summed E-state index contributed by atoms with van der Waals surface area (Å²) in [7, 11) is 0. The van der Waals surface area contributed by atoms with Crippen LogP contribution < -0.4 is 5.32 Å². The van der Waals surface area contributed by atoms with Crippen LogP contribution in [0.5, 0.6) is 0 Å². The van der Waals surface area contributed by atoms with Crippen molar-refractivity contribution < 1.29 is 4.79 Å². The number of nitrogens with zero attached hydrogens (tertiary/aromatic N) is 2. The van der Waals surface area contributed by atoms with Gasteiger partial charge in [-0.15, -0.1) is 0 Å². The average molecular weight is 328 g/mol. The van der Waals surface area contributed by atoms with Crippen molar-refractivity contribution in [3.63, 3.8) is 0 Å². The zero-order valence-corrected chi connectivity index (χ0v) is 13.4. The molecule has 5 heteroatoms. The summed E-state index contributed by atoms with van der Waals surface area (Å²) in [6, 6.07) is 0.281. The van der Waals surface area contributed by atoms with Gasteiger partial charge in [0.2, 0.25) is 0 Å². The highest BCUT2D eigenvalue weighted by atomic mass is 79.9. The van der Waals surface area contributed by atoms with Gasteiger partial charge in [0, 0.05) is 12.6 Å². The van der Waals surface area contributed by atoms with Crippen LogP contribution in [-0.2, 0) is 6.54 Å². The number of rotatable bonds is 3. The van der Waals surface area contributed by atoms with Crippen LogP contribution >= 0.6 is 15.9 Å². The Morgan fingerprint density at radius 1 is 1.53 bits per heavy atom. The predicted octanol–water partition coefficient (Wildman–Crippen LogP) is 3.22. The van der Waals surface area contributed by atoms with Crippen LogP contribution in [0.1, 0.15) is 50.5 Å². The SMILES string of the molecule is CCn1ncc(Br)c1C(=O)NC1CCCC(C)C1C. The fraction of sp³-hybridized carbons (Fsp3) is 0.714. The Morgan fingerprint density at radius 3 is 2.95 bits per heavy atom. The van der Waals surface area contributed by atoms with E-state index in [0.29, 0.717) is 24.1 Å². The van der Waals surface area contributed by atoms with Gasteiger partial charge in [0.05, 0.1) is 10.7 Å². The van der Waals surface area contributed by atoms with E-state index in [1.807, 2.05) is 6.92 Å². The molecule has 0 spiro atoms. The molecule has 1 N–H and O–H groups in total. The van der Waals surface area contributed by atoms with Crippen molar-refractivity contribution in [3.8, 4) is 0 Å². The number of nitrogens with one attached hydrogen (secondary N) is 1. The number of carbonyl (C=O) groups excluding carboxylic acids is 1. The molecule has 106 valence electrons. The van der Waals surface area contributed by atoms with Crippen molar-refractivity contribution in [1.29, 1.82) is 0 Å². The number of hydrogen-bond donors (Lipinski definition) is 1. The minimum absolute atomic E-state index is 0.0165. The van der Waals surface area contributed by atoms with Crippen LogP contribution in [-0.4, -0.2) is 21.7 Å². The van der Waals surface area contributed by atoms with E-state index in [1.165, 1.54) is 12.8 Å². The topological polar surface area (TPSA) is 46.9 Å². The van der Waals surface area contributed by atoms with E-state index in [-0.39, 0.29) is 11.9 Å². The fourth-order valence-corrected chi connectivity index (χ4v) is 3.33. The highest BCUT2D eigenvalue weighted by Gasteiger charge is 2.29. The third-order valence-corrected chi connectivity index (χ3v) is 4.91. The Hall–Kier alpha value is -0.840. The summed E-state index contributed by atoms with van der Waals surface area (Å²) in [5.41, 5.74) is 0.632. The maximum atomic E-state index is 12.4. The molecule has 0 bridgehead atoms. The van der Waals surface area contributed by atoms with Crippen molar-refractivity contribution >= 4 is 21.8 Å². The zero-order valence-electron chi connectivity index (χ0n) is 11.8. The highest BCUT2D eigenvalue weighted by molar-refractivity contribution is 9.10. The summed E-state index contributed by atoms with van der Waals surface area (Å²) >= 11 is 3.41. The van der Waals surface area contributed by atoms with Crippen molar-refractivity contribution in [2.75, 3.05) is 0 Å². The second kappa shape index (κ2) is 6.07. The Kier molecular flexibility index (Phi) is 4.66. The number of aromatic nitrogens is 2. The normalized spacial score (nSPS) is 27.3. The maximum absolute atomic E-state index is 12.4. The molecule has 19 heavy (non-hydrogen) atoms. The molecule has 0 saturated heterocycles. The van der Waals surface area contributed by atoms with E-state index in [2.05, 4.69) is 40.2 Å². The molecule has 1 amide bonds. The molecule has 1 aromatic heterocycles. The minimum Gasteiger partial charge on any atom is -0.348 e. The second-order valence-electron chi connectivity index (χ2n) is 5.50. The first kappa shape index (κ1) is 14.6. The van der Waals surface area contributed by atoms with Crippen molar-refractivity contribution in [2.45, 2.75) is 52.6 Å². The summed E-state index contributed by atoms with van der Waals surface area (Å²) in [4.78, 5) is 12.4. The van der Waals surface area contributed by atoms with Crippen LogP contribution in [0.25, 0.3) is 0 Å². The summed E-state index contributed by atoms with van der Waals surface area (Å²) in [5.74, 6) is 1.20. The molecule has 1 heterocycles. The Labute approximate surface area is 123 Å². The Bertz CT molecular complexity index is 458. The van der Waals surface area contributed by atoms with Crippen LogP contribution in [0.15, 0.2) is 10.7 Å². The molecule has 4 nitrogen and oxygen atoms in total. The van der Waals surface area contributed by atoms with Gasteiger partial charge in [-0.2, -0.15) is 5.10 Å². The van der Waals surface area contributed by atoms with E-state index in [0.717, 1.165) is 10.9 Å². The molecule has 1 saturated carbocycles. The summed E-state index contributed by atoms with van der Waals surface area (Å²) in [6.07, 6.45) is 5.23.